The number of anilines is 2. The van der Waals surface area contributed by atoms with Crippen molar-refractivity contribution in [2.75, 3.05) is 17.7 Å². The van der Waals surface area contributed by atoms with E-state index in [1.54, 1.807) is 23.9 Å². The van der Waals surface area contributed by atoms with Crippen molar-refractivity contribution in [2.24, 2.45) is 0 Å². The number of nitrogens with one attached hydrogen (secondary N) is 2. The minimum atomic E-state index is -0.734. The number of amides is 2. The number of fused-ring (bicyclic) bond motifs is 1. The molecule has 154 valence electrons. The predicted octanol–water partition coefficient (Wildman–Crippen LogP) is 4.35. The van der Waals surface area contributed by atoms with E-state index < -0.39 is 6.04 Å². The van der Waals surface area contributed by atoms with Gasteiger partial charge in [-0.2, -0.15) is 5.10 Å². The number of rotatable bonds is 5. The Hall–Kier alpha value is -3.32. The van der Waals surface area contributed by atoms with Gasteiger partial charge in [0, 0.05) is 5.56 Å². The number of aromatic nitrogens is 2. The van der Waals surface area contributed by atoms with Crippen LogP contribution in [0.15, 0.2) is 42.5 Å². The quantitative estimate of drug-likeness (QED) is 0.637. The van der Waals surface area contributed by atoms with Gasteiger partial charge < -0.3 is 15.4 Å². The molecule has 8 heteroatoms. The number of ether oxygens (including phenoxy) is 1. The Bertz CT molecular complexity index is 1160. The van der Waals surface area contributed by atoms with Crippen LogP contribution in [0.25, 0.3) is 11.1 Å². The van der Waals surface area contributed by atoms with Crippen LogP contribution in [0, 0.1) is 13.8 Å². The lowest BCUT2D eigenvalue weighted by atomic mass is 10.1. The molecule has 30 heavy (non-hydrogen) atoms. The molecule has 1 aliphatic rings. The van der Waals surface area contributed by atoms with E-state index in [0.29, 0.717) is 22.3 Å². The van der Waals surface area contributed by atoms with E-state index in [-0.39, 0.29) is 18.2 Å². The Balaban J connectivity index is 1.59. The van der Waals surface area contributed by atoms with Gasteiger partial charge in [-0.15, -0.1) is 0 Å². The van der Waals surface area contributed by atoms with E-state index >= 15 is 0 Å². The van der Waals surface area contributed by atoms with Gasteiger partial charge >= 0.3 is 0 Å². The van der Waals surface area contributed by atoms with Gasteiger partial charge in [0.05, 0.1) is 29.9 Å². The first-order valence-corrected chi connectivity index (χ1v) is 9.85. The summed E-state index contributed by atoms with van der Waals surface area (Å²) >= 11 is 6.19. The lowest BCUT2D eigenvalue weighted by Gasteiger charge is -2.11. The van der Waals surface area contributed by atoms with Crippen molar-refractivity contribution in [2.45, 2.75) is 26.3 Å². The molecule has 7 nitrogen and oxygen atoms in total. The summed E-state index contributed by atoms with van der Waals surface area (Å²) in [6.45, 7) is 3.79. The van der Waals surface area contributed by atoms with Crippen LogP contribution in [0.3, 0.4) is 0 Å². The monoisotopic (exact) mass is 424 g/mol. The zero-order valence-electron chi connectivity index (χ0n) is 16.8. The minimum Gasteiger partial charge on any atom is -0.497 e. The lowest BCUT2D eigenvalue weighted by molar-refractivity contribution is -0.123. The summed E-state index contributed by atoms with van der Waals surface area (Å²) < 4.78 is 6.89. The highest BCUT2D eigenvalue weighted by Crippen LogP contribution is 2.39. The number of carbonyl (C=O) groups excluding carboxylic acids is 2. The van der Waals surface area contributed by atoms with E-state index in [2.05, 4.69) is 15.7 Å². The topological polar surface area (TPSA) is 85.2 Å². The largest absolute Gasteiger partial charge is 0.497 e. The summed E-state index contributed by atoms with van der Waals surface area (Å²) in [6.07, 6.45) is -0.0539. The molecule has 1 aromatic heterocycles. The highest BCUT2D eigenvalue weighted by atomic mass is 35.5. The SMILES string of the molecule is COc1cccc(-c2c(C)nn3c2NC(=O)C3CC(=O)Nc2ccc(C)cc2Cl)c1. The predicted molar refractivity (Wildman–Crippen MR) is 116 cm³/mol. The second-order valence-corrected chi connectivity index (χ2v) is 7.63. The molecule has 2 amide bonds. The second-order valence-electron chi connectivity index (χ2n) is 7.23. The van der Waals surface area contributed by atoms with E-state index in [9.17, 15) is 9.59 Å². The van der Waals surface area contributed by atoms with Crippen molar-refractivity contribution in [3.05, 3.63) is 58.7 Å². The van der Waals surface area contributed by atoms with Crippen LogP contribution in [-0.2, 0) is 9.59 Å². The molecule has 2 aromatic carbocycles. The zero-order chi connectivity index (χ0) is 21.4. The Labute approximate surface area is 179 Å². The molecule has 1 atom stereocenters. The number of aryl methyl sites for hydroxylation is 2. The van der Waals surface area contributed by atoms with E-state index in [0.717, 1.165) is 22.4 Å². The molecular weight excluding hydrogens is 404 g/mol. The number of hydrogen-bond donors (Lipinski definition) is 2. The standard InChI is InChI=1S/C22H21ClN4O3/c1-12-7-8-17(16(23)9-12)24-19(28)11-18-22(29)25-21-20(13(2)26-27(18)21)14-5-4-6-15(10-14)30-3/h4-10,18H,11H2,1-3H3,(H,24,28)(H,25,29). The van der Waals surface area contributed by atoms with E-state index in [1.165, 1.54) is 0 Å². The molecule has 0 saturated heterocycles. The van der Waals surface area contributed by atoms with Crippen LogP contribution in [0.1, 0.15) is 23.7 Å². The van der Waals surface area contributed by atoms with Gasteiger partial charge in [-0.1, -0.05) is 29.8 Å². The number of nitrogens with zero attached hydrogens (tertiary/aromatic N) is 2. The number of benzene rings is 2. The highest BCUT2D eigenvalue weighted by molar-refractivity contribution is 6.33. The molecule has 2 heterocycles. The van der Waals surface area contributed by atoms with Crippen molar-refractivity contribution in [1.82, 2.24) is 9.78 Å². The molecule has 2 N–H and O–H groups in total. The lowest BCUT2D eigenvalue weighted by Crippen LogP contribution is -2.24. The molecule has 4 rings (SSSR count). The van der Waals surface area contributed by atoms with Crippen LogP contribution in [0.5, 0.6) is 5.75 Å². The highest BCUT2D eigenvalue weighted by Gasteiger charge is 2.36. The van der Waals surface area contributed by atoms with Gasteiger partial charge in [0.25, 0.3) is 5.91 Å². The fourth-order valence-corrected chi connectivity index (χ4v) is 3.89. The number of carbonyl (C=O) groups is 2. The zero-order valence-corrected chi connectivity index (χ0v) is 17.6. The number of hydrogen-bond acceptors (Lipinski definition) is 4. The van der Waals surface area contributed by atoms with Crippen LogP contribution < -0.4 is 15.4 Å². The molecule has 0 saturated carbocycles. The molecule has 0 fully saturated rings. The van der Waals surface area contributed by atoms with Gasteiger partial charge in [-0.3, -0.25) is 9.59 Å². The first-order valence-electron chi connectivity index (χ1n) is 9.47. The maximum Gasteiger partial charge on any atom is 0.251 e. The van der Waals surface area contributed by atoms with Crippen LogP contribution in [-0.4, -0.2) is 28.7 Å². The van der Waals surface area contributed by atoms with Gasteiger partial charge in [-0.25, -0.2) is 4.68 Å². The van der Waals surface area contributed by atoms with E-state index in [4.69, 9.17) is 16.3 Å². The van der Waals surface area contributed by atoms with Crippen LogP contribution >= 0.6 is 11.6 Å². The van der Waals surface area contributed by atoms with Crippen molar-refractivity contribution in [3.8, 4) is 16.9 Å². The summed E-state index contributed by atoms with van der Waals surface area (Å²) in [5, 5.41) is 10.6. The van der Waals surface area contributed by atoms with Gasteiger partial charge in [-0.05, 0) is 49.2 Å². The molecular formula is C22H21ClN4O3. The van der Waals surface area contributed by atoms with Crippen LogP contribution in [0.4, 0.5) is 11.5 Å². The molecule has 1 unspecified atom stereocenters. The van der Waals surface area contributed by atoms with Crippen molar-refractivity contribution in [1.29, 1.82) is 0 Å². The molecule has 0 spiro atoms. The molecule has 0 aliphatic carbocycles. The maximum atomic E-state index is 12.6. The molecule has 0 bridgehead atoms. The fraction of sp³-hybridized carbons (Fsp3) is 0.227. The normalized spacial score (nSPS) is 14.9. The van der Waals surface area contributed by atoms with Gasteiger partial charge in [0.2, 0.25) is 5.91 Å². The van der Waals surface area contributed by atoms with Crippen molar-refractivity contribution < 1.29 is 14.3 Å². The first-order chi connectivity index (χ1) is 14.4. The van der Waals surface area contributed by atoms with Crippen molar-refractivity contribution >= 4 is 34.9 Å². The second kappa shape index (κ2) is 7.84. The first kappa shape index (κ1) is 20.0. The number of halogens is 1. The van der Waals surface area contributed by atoms with Crippen LogP contribution in [0.2, 0.25) is 5.02 Å². The average Bonchev–Trinajstić information content (AvgIpc) is 3.18. The molecule has 1 aliphatic heterocycles. The van der Waals surface area contributed by atoms with Gasteiger partial charge in [0.15, 0.2) is 0 Å². The van der Waals surface area contributed by atoms with Gasteiger partial charge in [0.1, 0.15) is 17.6 Å². The summed E-state index contributed by atoms with van der Waals surface area (Å²) in [5.41, 5.74) is 3.96. The summed E-state index contributed by atoms with van der Waals surface area (Å²) in [4.78, 5) is 25.2. The Morgan fingerprint density at radius 1 is 1.27 bits per heavy atom. The van der Waals surface area contributed by atoms with Crippen molar-refractivity contribution in [3.63, 3.8) is 0 Å². The summed E-state index contributed by atoms with van der Waals surface area (Å²) in [6, 6.07) is 12.2. The Kier molecular flexibility index (Phi) is 5.22. The smallest absolute Gasteiger partial charge is 0.251 e. The minimum absolute atomic E-state index is 0.0539. The third-order valence-corrected chi connectivity index (χ3v) is 5.37. The molecule has 0 radical (unpaired) electrons. The summed E-state index contributed by atoms with van der Waals surface area (Å²) in [5.74, 6) is 0.704. The van der Waals surface area contributed by atoms with E-state index in [1.807, 2.05) is 44.2 Å². The fourth-order valence-electron chi connectivity index (χ4n) is 3.61. The third kappa shape index (κ3) is 3.64. The average molecular weight is 425 g/mol. The number of methoxy groups -OCH3 is 1. The Morgan fingerprint density at radius 3 is 2.80 bits per heavy atom. The Morgan fingerprint density at radius 2 is 2.07 bits per heavy atom. The maximum absolute atomic E-state index is 12.6. The molecule has 3 aromatic rings. The third-order valence-electron chi connectivity index (χ3n) is 5.06. The summed E-state index contributed by atoms with van der Waals surface area (Å²) in [7, 11) is 1.60.